The molecule has 3 heteroatoms. The van der Waals surface area contributed by atoms with Gasteiger partial charge >= 0.3 is 0 Å². The van der Waals surface area contributed by atoms with Gasteiger partial charge < -0.3 is 4.74 Å². The number of alkyl halides is 1. The Hall–Kier alpha value is -0.380. The third-order valence-electron chi connectivity index (χ3n) is 4.38. The number of ether oxygens (including phenoxy) is 1. The van der Waals surface area contributed by atoms with Crippen molar-refractivity contribution in [1.29, 1.82) is 0 Å². The Kier molecular flexibility index (Phi) is 5.03. The molecule has 0 saturated heterocycles. The van der Waals surface area contributed by atoms with Gasteiger partial charge in [-0.05, 0) is 54.5 Å². The van der Waals surface area contributed by atoms with Crippen LogP contribution in [0, 0.1) is 5.92 Å². The van der Waals surface area contributed by atoms with Gasteiger partial charge in [0.15, 0.2) is 0 Å². The fraction of sp³-hybridized carbons (Fsp3) is 0.444. The summed E-state index contributed by atoms with van der Waals surface area (Å²) >= 11 is 7.56. The molecule has 1 fully saturated rings. The second-order valence-electron chi connectivity index (χ2n) is 5.80. The van der Waals surface area contributed by atoms with Crippen molar-refractivity contribution in [2.75, 3.05) is 6.61 Å². The van der Waals surface area contributed by atoms with Crippen LogP contribution < -0.4 is 0 Å². The maximum absolute atomic E-state index is 5.66. The van der Waals surface area contributed by atoms with Gasteiger partial charge in [0.1, 0.15) is 0 Å². The van der Waals surface area contributed by atoms with Crippen LogP contribution in [0.3, 0.4) is 0 Å². The van der Waals surface area contributed by atoms with Gasteiger partial charge in [0, 0.05) is 15.9 Å². The minimum absolute atomic E-state index is 0.420. The molecule has 1 saturated carbocycles. The zero-order valence-corrected chi connectivity index (χ0v) is 15.4. The molecule has 1 aliphatic rings. The first-order chi connectivity index (χ1) is 10.2. The SMILES string of the molecule is CCOC1CC(CC(Br)c2ccc(Br)c3ccccc23)C1. The highest BCUT2D eigenvalue weighted by molar-refractivity contribution is 9.10. The van der Waals surface area contributed by atoms with Gasteiger partial charge in [-0.3, -0.25) is 0 Å². The van der Waals surface area contributed by atoms with Crippen LogP contribution in [0.2, 0.25) is 0 Å². The first-order valence-electron chi connectivity index (χ1n) is 7.61. The Morgan fingerprint density at radius 1 is 1.14 bits per heavy atom. The zero-order valence-electron chi connectivity index (χ0n) is 12.2. The molecule has 2 aromatic rings. The van der Waals surface area contributed by atoms with Crippen LogP contribution in [-0.2, 0) is 4.74 Å². The summed E-state index contributed by atoms with van der Waals surface area (Å²) in [4.78, 5) is 0.420. The van der Waals surface area contributed by atoms with E-state index < -0.39 is 0 Å². The summed E-state index contributed by atoms with van der Waals surface area (Å²) in [6.07, 6.45) is 4.12. The summed E-state index contributed by atoms with van der Waals surface area (Å²) in [5.41, 5.74) is 1.40. The third kappa shape index (κ3) is 3.35. The van der Waals surface area contributed by atoms with Crippen LogP contribution in [0.5, 0.6) is 0 Å². The van der Waals surface area contributed by atoms with Gasteiger partial charge in [-0.2, -0.15) is 0 Å². The summed E-state index contributed by atoms with van der Waals surface area (Å²) in [6, 6.07) is 13.0. The topological polar surface area (TPSA) is 9.23 Å². The Labute approximate surface area is 143 Å². The number of rotatable bonds is 5. The molecule has 0 heterocycles. The standard InChI is InChI=1S/C18H20Br2O/c1-2-21-13-9-12(10-13)11-18(20)16-7-8-17(19)15-6-4-3-5-14(15)16/h3-8,12-13,18H,2,9-11H2,1H3. The largest absolute Gasteiger partial charge is 0.378 e. The van der Waals surface area contributed by atoms with E-state index >= 15 is 0 Å². The molecular formula is C18H20Br2O. The van der Waals surface area contributed by atoms with Crippen molar-refractivity contribution in [3.05, 3.63) is 46.4 Å². The molecular weight excluding hydrogens is 392 g/mol. The van der Waals surface area contributed by atoms with E-state index in [1.165, 1.54) is 40.1 Å². The van der Waals surface area contributed by atoms with E-state index in [4.69, 9.17) is 4.74 Å². The molecule has 0 aromatic heterocycles. The molecule has 0 N–H and O–H groups in total. The van der Waals surface area contributed by atoms with Crippen molar-refractivity contribution >= 4 is 42.6 Å². The molecule has 0 bridgehead atoms. The monoisotopic (exact) mass is 410 g/mol. The fourth-order valence-corrected chi connectivity index (χ4v) is 4.62. The molecule has 112 valence electrons. The highest BCUT2D eigenvalue weighted by Crippen LogP contribution is 2.42. The number of fused-ring (bicyclic) bond motifs is 1. The zero-order chi connectivity index (χ0) is 14.8. The molecule has 0 aliphatic heterocycles. The van der Waals surface area contributed by atoms with E-state index in [9.17, 15) is 0 Å². The summed E-state index contributed by atoms with van der Waals surface area (Å²) in [7, 11) is 0. The quantitative estimate of drug-likeness (QED) is 0.528. The molecule has 2 aromatic carbocycles. The van der Waals surface area contributed by atoms with Crippen molar-refractivity contribution < 1.29 is 4.74 Å². The van der Waals surface area contributed by atoms with Crippen molar-refractivity contribution in [3.63, 3.8) is 0 Å². The summed E-state index contributed by atoms with van der Waals surface area (Å²) in [5, 5.41) is 2.63. The van der Waals surface area contributed by atoms with Gasteiger partial charge in [0.25, 0.3) is 0 Å². The lowest BCUT2D eigenvalue weighted by Gasteiger charge is -2.36. The van der Waals surface area contributed by atoms with E-state index in [1.54, 1.807) is 0 Å². The molecule has 1 nitrogen and oxygen atoms in total. The second kappa shape index (κ2) is 6.80. The molecule has 1 atom stereocenters. The highest BCUT2D eigenvalue weighted by atomic mass is 79.9. The predicted molar refractivity (Wildman–Crippen MR) is 96.1 cm³/mol. The minimum Gasteiger partial charge on any atom is -0.378 e. The Morgan fingerprint density at radius 2 is 1.86 bits per heavy atom. The fourth-order valence-electron chi connectivity index (χ4n) is 3.22. The summed E-state index contributed by atoms with van der Waals surface area (Å²) in [5.74, 6) is 0.785. The molecule has 3 rings (SSSR count). The molecule has 1 unspecified atom stereocenters. The maximum atomic E-state index is 5.66. The van der Waals surface area contributed by atoms with E-state index in [0.29, 0.717) is 10.9 Å². The average molecular weight is 412 g/mol. The van der Waals surface area contributed by atoms with Crippen molar-refractivity contribution in [1.82, 2.24) is 0 Å². The molecule has 0 amide bonds. The first-order valence-corrected chi connectivity index (χ1v) is 9.32. The van der Waals surface area contributed by atoms with E-state index in [-0.39, 0.29) is 0 Å². The lowest BCUT2D eigenvalue weighted by molar-refractivity contribution is -0.0264. The number of hydrogen-bond donors (Lipinski definition) is 0. The number of hydrogen-bond acceptors (Lipinski definition) is 1. The molecule has 21 heavy (non-hydrogen) atoms. The van der Waals surface area contributed by atoms with Crippen molar-refractivity contribution in [3.8, 4) is 0 Å². The van der Waals surface area contributed by atoms with Crippen molar-refractivity contribution in [2.24, 2.45) is 5.92 Å². The third-order valence-corrected chi connectivity index (χ3v) is 5.94. The smallest absolute Gasteiger partial charge is 0.0580 e. The summed E-state index contributed by atoms with van der Waals surface area (Å²) in [6.45, 7) is 2.92. The predicted octanol–water partition coefficient (Wildman–Crippen LogP) is 6.24. The Bertz CT molecular complexity index is 620. The van der Waals surface area contributed by atoms with E-state index in [1.807, 2.05) is 0 Å². The van der Waals surface area contributed by atoms with Crippen molar-refractivity contribution in [2.45, 2.75) is 37.1 Å². The highest BCUT2D eigenvalue weighted by Gasteiger charge is 2.31. The van der Waals surface area contributed by atoms with Crippen LogP contribution in [0.1, 0.15) is 36.6 Å². The van der Waals surface area contributed by atoms with Gasteiger partial charge in [0.2, 0.25) is 0 Å². The Morgan fingerprint density at radius 3 is 2.57 bits per heavy atom. The van der Waals surface area contributed by atoms with E-state index in [2.05, 4.69) is 75.2 Å². The first kappa shape index (κ1) is 15.5. The van der Waals surface area contributed by atoms with Crippen LogP contribution in [-0.4, -0.2) is 12.7 Å². The lowest BCUT2D eigenvalue weighted by Crippen LogP contribution is -2.31. The van der Waals surface area contributed by atoms with Crippen LogP contribution in [0.4, 0.5) is 0 Å². The minimum atomic E-state index is 0.420. The van der Waals surface area contributed by atoms with Crippen LogP contribution in [0.25, 0.3) is 10.8 Å². The van der Waals surface area contributed by atoms with Gasteiger partial charge in [-0.25, -0.2) is 0 Å². The average Bonchev–Trinajstić information content (AvgIpc) is 2.45. The second-order valence-corrected chi connectivity index (χ2v) is 7.76. The van der Waals surface area contributed by atoms with Gasteiger partial charge in [-0.15, -0.1) is 0 Å². The molecule has 0 spiro atoms. The lowest BCUT2D eigenvalue weighted by atomic mass is 9.78. The van der Waals surface area contributed by atoms with Crippen LogP contribution in [0.15, 0.2) is 40.9 Å². The normalized spacial score (nSPS) is 23.0. The molecule has 1 aliphatic carbocycles. The van der Waals surface area contributed by atoms with Crippen LogP contribution >= 0.6 is 31.9 Å². The van der Waals surface area contributed by atoms with Gasteiger partial charge in [0.05, 0.1) is 6.10 Å². The van der Waals surface area contributed by atoms with E-state index in [0.717, 1.165) is 12.5 Å². The number of benzene rings is 2. The maximum Gasteiger partial charge on any atom is 0.0580 e. The molecule has 0 radical (unpaired) electrons. The Balaban J connectivity index is 1.74. The number of halogens is 2. The van der Waals surface area contributed by atoms with Gasteiger partial charge in [-0.1, -0.05) is 62.2 Å². The summed E-state index contributed by atoms with van der Waals surface area (Å²) < 4.78 is 6.83.